The lowest BCUT2D eigenvalue weighted by atomic mass is 9.94. The van der Waals surface area contributed by atoms with Gasteiger partial charge in [-0.25, -0.2) is 4.79 Å². The van der Waals surface area contributed by atoms with Crippen molar-refractivity contribution in [3.63, 3.8) is 0 Å². The van der Waals surface area contributed by atoms with Crippen LogP contribution in [0.2, 0.25) is 0 Å². The number of H-pyrrole nitrogens is 1. The molecule has 198 valence electrons. The molecular weight excluding hydrogens is 496 g/mol. The summed E-state index contributed by atoms with van der Waals surface area (Å²) >= 11 is 0. The minimum Gasteiger partial charge on any atom is -0.507 e. The Kier molecular flexibility index (Phi) is 6.94. The monoisotopic (exact) mass is 524 g/mol. The molecule has 39 heavy (non-hydrogen) atoms. The van der Waals surface area contributed by atoms with Crippen molar-refractivity contribution in [2.24, 2.45) is 0 Å². The van der Waals surface area contributed by atoms with Gasteiger partial charge in [0.2, 0.25) is 0 Å². The number of fused-ring (bicyclic) bond motifs is 1. The normalized spacial score (nSPS) is 16.6. The lowest BCUT2D eigenvalue weighted by molar-refractivity contribution is -0.139. The SMILES string of the molecule is COC(=O)c1ccc([C@H]2C(=C(O)c3ccc(C)cc3)C(=O)C(=O)N2CCc2c[nH]c3ccc(OC)cc23)cc1. The van der Waals surface area contributed by atoms with E-state index in [9.17, 15) is 19.5 Å². The second-order valence-corrected chi connectivity index (χ2v) is 9.45. The van der Waals surface area contributed by atoms with Crippen molar-refractivity contribution in [3.8, 4) is 5.75 Å². The average molecular weight is 525 g/mol. The largest absolute Gasteiger partial charge is 0.507 e. The van der Waals surface area contributed by atoms with Crippen molar-refractivity contribution in [2.45, 2.75) is 19.4 Å². The van der Waals surface area contributed by atoms with E-state index in [1.807, 2.05) is 43.5 Å². The van der Waals surface area contributed by atoms with Crippen molar-refractivity contribution < 1.29 is 29.0 Å². The maximum absolute atomic E-state index is 13.4. The molecule has 2 heterocycles. The van der Waals surface area contributed by atoms with E-state index >= 15 is 0 Å². The molecule has 1 atom stereocenters. The van der Waals surface area contributed by atoms with Gasteiger partial charge in [-0.1, -0.05) is 42.0 Å². The number of benzene rings is 3. The van der Waals surface area contributed by atoms with Crippen LogP contribution in [0.3, 0.4) is 0 Å². The number of aromatic amines is 1. The first-order valence-electron chi connectivity index (χ1n) is 12.5. The second-order valence-electron chi connectivity index (χ2n) is 9.45. The number of likely N-dealkylation sites (tertiary alicyclic amines) is 1. The molecule has 1 amide bonds. The van der Waals surface area contributed by atoms with E-state index in [-0.39, 0.29) is 17.9 Å². The number of nitrogens with one attached hydrogen (secondary N) is 1. The summed E-state index contributed by atoms with van der Waals surface area (Å²) in [6.45, 7) is 2.15. The molecule has 1 aromatic heterocycles. The van der Waals surface area contributed by atoms with Crippen LogP contribution in [0.25, 0.3) is 16.7 Å². The fourth-order valence-corrected chi connectivity index (χ4v) is 4.98. The van der Waals surface area contributed by atoms with Crippen molar-refractivity contribution in [1.82, 2.24) is 9.88 Å². The highest BCUT2D eigenvalue weighted by molar-refractivity contribution is 6.46. The van der Waals surface area contributed by atoms with E-state index < -0.39 is 23.7 Å². The molecule has 0 saturated carbocycles. The van der Waals surface area contributed by atoms with Crippen LogP contribution in [0.15, 0.2) is 78.5 Å². The lowest BCUT2D eigenvalue weighted by Crippen LogP contribution is -2.31. The molecule has 4 aromatic rings. The summed E-state index contributed by atoms with van der Waals surface area (Å²) in [7, 11) is 2.90. The first-order valence-corrected chi connectivity index (χ1v) is 12.5. The van der Waals surface area contributed by atoms with Gasteiger partial charge in [0.15, 0.2) is 0 Å². The number of Topliss-reactive ketones (excluding diaryl/α,β-unsaturated/α-hetero) is 1. The quantitative estimate of drug-likeness (QED) is 0.154. The smallest absolute Gasteiger partial charge is 0.337 e. The van der Waals surface area contributed by atoms with Crippen LogP contribution >= 0.6 is 0 Å². The van der Waals surface area contributed by atoms with Crippen LogP contribution in [0.5, 0.6) is 5.75 Å². The fourth-order valence-electron chi connectivity index (χ4n) is 4.98. The first kappa shape index (κ1) is 25.8. The number of carbonyl (C=O) groups excluding carboxylic acids is 3. The molecule has 0 spiro atoms. The first-order chi connectivity index (χ1) is 18.8. The molecule has 3 aromatic carbocycles. The number of carbonyl (C=O) groups is 3. The Morgan fingerprint density at radius 1 is 0.974 bits per heavy atom. The Morgan fingerprint density at radius 3 is 2.33 bits per heavy atom. The van der Waals surface area contributed by atoms with Crippen LogP contribution in [-0.2, 0) is 20.7 Å². The summed E-state index contributed by atoms with van der Waals surface area (Å²) < 4.78 is 10.2. The van der Waals surface area contributed by atoms with Crippen LogP contribution < -0.4 is 4.74 Å². The summed E-state index contributed by atoms with van der Waals surface area (Å²) in [5.41, 5.74) is 4.28. The highest BCUT2D eigenvalue weighted by atomic mass is 16.5. The number of ether oxygens (including phenoxy) is 2. The summed E-state index contributed by atoms with van der Waals surface area (Å²) in [5.74, 6) is -1.47. The third-order valence-electron chi connectivity index (χ3n) is 7.11. The molecule has 0 bridgehead atoms. The third-order valence-corrected chi connectivity index (χ3v) is 7.11. The number of rotatable bonds is 7. The molecule has 1 saturated heterocycles. The zero-order valence-corrected chi connectivity index (χ0v) is 21.9. The summed E-state index contributed by atoms with van der Waals surface area (Å²) in [5, 5.41) is 12.2. The van der Waals surface area contributed by atoms with E-state index in [4.69, 9.17) is 9.47 Å². The topological polar surface area (TPSA) is 109 Å². The third kappa shape index (κ3) is 4.77. The van der Waals surface area contributed by atoms with Gasteiger partial charge in [0.05, 0.1) is 31.4 Å². The molecule has 2 N–H and O–H groups in total. The van der Waals surface area contributed by atoms with Gasteiger partial charge in [0.25, 0.3) is 11.7 Å². The summed E-state index contributed by atoms with van der Waals surface area (Å²) in [4.78, 5) is 43.4. The number of aromatic nitrogens is 1. The van der Waals surface area contributed by atoms with E-state index in [0.29, 0.717) is 28.9 Å². The molecule has 0 radical (unpaired) electrons. The Labute approximate surface area is 225 Å². The van der Waals surface area contributed by atoms with Gasteiger partial charge >= 0.3 is 5.97 Å². The number of aliphatic hydroxyl groups excluding tert-OH is 1. The fraction of sp³-hybridized carbons (Fsp3) is 0.194. The Morgan fingerprint density at radius 2 is 1.67 bits per heavy atom. The van der Waals surface area contributed by atoms with Gasteiger partial charge in [0, 0.05) is 29.2 Å². The minimum atomic E-state index is -0.835. The van der Waals surface area contributed by atoms with Crippen molar-refractivity contribution >= 4 is 34.3 Å². The molecular formula is C31H28N2O6. The number of hydrogen-bond donors (Lipinski definition) is 2. The number of aryl methyl sites for hydroxylation is 1. The molecule has 0 aliphatic carbocycles. The molecule has 1 aliphatic rings. The number of ketones is 1. The van der Waals surface area contributed by atoms with Gasteiger partial charge in [-0.2, -0.15) is 0 Å². The van der Waals surface area contributed by atoms with Crippen LogP contribution in [0.4, 0.5) is 0 Å². The minimum absolute atomic E-state index is 0.00951. The number of amides is 1. The average Bonchev–Trinajstić information content (AvgIpc) is 3.48. The predicted octanol–water partition coefficient (Wildman–Crippen LogP) is 4.94. The zero-order valence-electron chi connectivity index (χ0n) is 21.9. The summed E-state index contributed by atoms with van der Waals surface area (Å²) in [6.07, 6.45) is 2.34. The van der Waals surface area contributed by atoms with Gasteiger partial charge in [-0.05, 0) is 54.8 Å². The zero-order chi connectivity index (χ0) is 27.7. The van der Waals surface area contributed by atoms with Gasteiger partial charge in [-0.3, -0.25) is 9.59 Å². The maximum Gasteiger partial charge on any atom is 0.337 e. The number of esters is 1. The van der Waals surface area contributed by atoms with Crippen LogP contribution in [0, 0.1) is 6.92 Å². The van der Waals surface area contributed by atoms with Crippen LogP contribution in [-0.4, -0.2) is 53.4 Å². The highest BCUT2D eigenvalue weighted by Crippen LogP contribution is 2.40. The molecule has 1 aliphatic heterocycles. The van der Waals surface area contributed by atoms with E-state index in [0.717, 1.165) is 22.0 Å². The van der Waals surface area contributed by atoms with Gasteiger partial charge in [-0.15, -0.1) is 0 Å². The highest BCUT2D eigenvalue weighted by Gasteiger charge is 2.45. The second kappa shape index (κ2) is 10.5. The number of nitrogens with zero attached hydrogens (tertiary/aromatic N) is 1. The number of hydrogen-bond acceptors (Lipinski definition) is 6. The lowest BCUT2D eigenvalue weighted by Gasteiger charge is -2.25. The van der Waals surface area contributed by atoms with Crippen LogP contribution in [0.1, 0.15) is 38.7 Å². The Hall–Kier alpha value is -4.85. The van der Waals surface area contributed by atoms with E-state index in [1.54, 1.807) is 43.5 Å². The molecule has 5 rings (SSSR count). The number of aliphatic hydroxyl groups is 1. The number of methoxy groups -OCH3 is 2. The molecule has 8 nitrogen and oxygen atoms in total. The van der Waals surface area contributed by atoms with Crippen molar-refractivity contribution in [2.75, 3.05) is 20.8 Å². The summed E-state index contributed by atoms with van der Waals surface area (Å²) in [6, 6.07) is 18.5. The van der Waals surface area contributed by atoms with E-state index in [1.165, 1.54) is 12.0 Å². The van der Waals surface area contributed by atoms with Crippen molar-refractivity contribution in [1.29, 1.82) is 0 Å². The predicted molar refractivity (Wildman–Crippen MR) is 147 cm³/mol. The Bertz CT molecular complexity index is 1600. The van der Waals surface area contributed by atoms with Crippen molar-refractivity contribution in [3.05, 3.63) is 106 Å². The van der Waals surface area contributed by atoms with Gasteiger partial charge < -0.3 is 24.5 Å². The molecule has 1 fully saturated rings. The van der Waals surface area contributed by atoms with E-state index in [2.05, 4.69) is 4.98 Å². The molecule has 0 unspecified atom stereocenters. The maximum atomic E-state index is 13.4. The van der Waals surface area contributed by atoms with Gasteiger partial charge in [0.1, 0.15) is 11.5 Å². The molecule has 8 heteroatoms. The Balaban J connectivity index is 1.55. The standard InChI is InChI=1S/C31H28N2O6/c1-18-4-6-20(7-5-18)28(34)26-27(19-8-10-21(11-9-19)31(37)39-3)33(30(36)29(26)35)15-14-22-17-32-25-13-12-23(38-2)16-24(22)25/h4-13,16-17,27,32,34H,14-15H2,1-3H3/t27-/m0/s1.